The number of nitrogens with zero attached hydrogens (tertiary/aromatic N) is 1. The van der Waals surface area contributed by atoms with Gasteiger partial charge in [-0.3, -0.25) is 4.79 Å². The molecule has 0 aliphatic carbocycles. The molecule has 4 nitrogen and oxygen atoms in total. The number of thioether (sulfide) groups is 1. The number of alkyl halides is 3. The van der Waals surface area contributed by atoms with Gasteiger partial charge >= 0.3 is 6.18 Å². The second-order valence-corrected chi connectivity index (χ2v) is 6.41. The SMILES string of the molecule is Cc1ccc2nc(SCC(=O)Nc3ccccc3C(F)(F)F)[nH]c2c1. The van der Waals surface area contributed by atoms with E-state index in [4.69, 9.17) is 0 Å². The van der Waals surface area contributed by atoms with Crippen molar-refractivity contribution in [1.29, 1.82) is 0 Å². The van der Waals surface area contributed by atoms with Crippen LogP contribution >= 0.6 is 11.8 Å². The second kappa shape index (κ2) is 6.79. The molecular weight excluding hydrogens is 351 g/mol. The van der Waals surface area contributed by atoms with E-state index < -0.39 is 17.6 Å². The molecule has 8 heteroatoms. The van der Waals surface area contributed by atoms with Crippen LogP contribution in [0.3, 0.4) is 0 Å². The highest BCUT2D eigenvalue weighted by Gasteiger charge is 2.33. The Bertz CT molecular complexity index is 921. The number of aryl methyl sites for hydroxylation is 1. The van der Waals surface area contributed by atoms with Crippen molar-refractivity contribution in [1.82, 2.24) is 9.97 Å². The summed E-state index contributed by atoms with van der Waals surface area (Å²) >= 11 is 1.13. The van der Waals surface area contributed by atoms with Crippen LogP contribution < -0.4 is 5.32 Å². The number of halogens is 3. The number of para-hydroxylation sites is 1. The molecule has 25 heavy (non-hydrogen) atoms. The average molecular weight is 365 g/mol. The number of fused-ring (bicyclic) bond motifs is 1. The van der Waals surface area contributed by atoms with Crippen molar-refractivity contribution in [3.8, 4) is 0 Å². The molecule has 0 spiro atoms. The van der Waals surface area contributed by atoms with Crippen molar-refractivity contribution < 1.29 is 18.0 Å². The van der Waals surface area contributed by atoms with Crippen LogP contribution in [0, 0.1) is 6.92 Å². The summed E-state index contributed by atoms with van der Waals surface area (Å²) in [5, 5.41) is 2.85. The van der Waals surface area contributed by atoms with Gasteiger partial charge in [-0.05, 0) is 36.8 Å². The van der Waals surface area contributed by atoms with E-state index in [9.17, 15) is 18.0 Å². The first-order chi connectivity index (χ1) is 11.8. The van der Waals surface area contributed by atoms with Crippen LogP contribution in [0.2, 0.25) is 0 Å². The molecule has 1 amide bonds. The molecular formula is C17H14F3N3OS. The summed E-state index contributed by atoms with van der Waals surface area (Å²) < 4.78 is 38.8. The van der Waals surface area contributed by atoms with Gasteiger partial charge in [-0.1, -0.05) is 30.0 Å². The van der Waals surface area contributed by atoms with Crippen LogP contribution in [-0.4, -0.2) is 21.6 Å². The standard InChI is InChI=1S/C17H14F3N3OS/c1-10-6-7-13-14(8-10)23-16(22-13)25-9-15(24)21-12-5-3-2-4-11(12)17(18,19)20/h2-8H,9H2,1H3,(H,21,24)(H,22,23). The lowest BCUT2D eigenvalue weighted by Crippen LogP contribution is -2.18. The third-order valence-electron chi connectivity index (χ3n) is 3.46. The van der Waals surface area contributed by atoms with Crippen molar-refractivity contribution in [3.63, 3.8) is 0 Å². The van der Waals surface area contributed by atoms with E-state index >= 15 is 0 Å². The predicted molar refractivity (Wildman–Crippen MR) is 91.6 cm³/mol. The summed E-state index contributed by atoms with van der Waals surface area (Å²) in [4.78, 5) is 19.4. The Labute approximate surface area is 145 Å². The minimum Gasteiger partial charge on any atom is -0.333 e. The first kappa shape index (κ1) is 17.3. The fourth-order valence-electron chi connectivity index (χ4n) is 2.33. The summed E-state index contributed by atoms with van der Waals surface area (Å²) in [6.45, 7) is 1.96. The highest BCUT2D eigenvalue weighted by molar-refractivity contribution is 7.99. The number of imidazole rings is 1. The van der Waals surface area contributed by atoms with Gasteiger partial charge in [0.25, 0.3) is 0 Å². The Morgan fingerprint density at radius 1 is 1.24 bits per heavy atom. The number of aromatic nitrogens is 2. The molecule has 1 heterocycles. The second-order valence-electron chi connectivity index (χ2n) is 5.44. The maximum Gasteiger partial charge on any atom is 0.418 e. The number of rotatable bonds is 4. The van der Waals surface area contributed by atoms with Gasteiger partial charge in [0.05, 0.1) is 28.0 Å². The highest BCUT2D eigenvalue weighted by atomic mass is 32.2. The van der Waals surface area contributed by atoms with Gasteiger partial charge in [-0.25, -0.2) is 4.98 Å². The first-order valence-electron chi connectivity index (χ1n) is 7.38. The lowest BCUT2D eigenvalue weighted by Gasteiger charge is -2.13. The molecule has 0 unspecified atom stereocenters. The highest BCUT2D eigenvalue weighted by Crippen LogP contribution is 2.34. The molecule has 0 atom stereocenters. The summed E-state index contributed by atoms with van der Waals surface area (Å²) in [5.74, 6) is -0.580. The van der Waals surface area contributed by atoms with Crippen molar-refractivity contribution in [2.24, 2.45) is 0 Å². The smallest absolute Gasteiger partial charge is 0.333 e. The van der Waals surface area contributed by atoms with Gasteiger partial charge in [0.1, 0.15) is 0 Å². The maximum atomic E-state index is 12.9. The third-order valence-corrected chi connectivity index (χ3v) is 4.34. The largest absolute Gasteiger partial charge is 0.418 e. The van der Waals surface area contributed by atoms with Gasteiger partial charge in [-0.2, -0.15) is 13.2 Å². The molecule has 0 saturated heterocycles. The molecule has 2 N–H and O–H groups in total. The number of amides is 1. The van der Waals surface area contributed by atoms with Crippen LogP contribution in [-0.2, 0) is 11.0 Å². The van der Waals surface area contributed by atoms with Gasteiger partial charge < -0.3 is 10.3 Å². The van der Waals surface area contributed by atoms with E-state index in [0.29, 0.717) is 5.16 Å². The van der Waals surface area contributed by atoms with Crippen LogP contribution in [0.15, 0.2) is 47.6 Å². The lowest BCUT2D eigenvalue weighted by molar-refractivity contribution is -0.137. The molecule has 2 aromatic carbocycles. The maximum absolute atomic E-state index is 12.9. The molecule has 3 aromatic rings. The molecule has 130 valence electrons. The Kier molecular flexibility index (Phi) is 4.71. The lowest BCUT2D eigenvalue weighted by atomic mass is 10.1. The van der Waals surface area contributed by atoms with Crippen LogP contribution in [0.4, 0.5) is 18.9 Å². The molecule has 0 fully saturated rings. The first-order valence-corrected chi connectivity index (χ1v) is 8.37. The summed E-state index contributed by atoms with van der Waals surface area (Å²) in [7, 11) is 0. The quantitative estimate of drug-likeness (QED) is 0.663. The van der Waals surface area contributed by atoms with Crippen molar-refractivity contribution in [2.75, 3.05) is 11.1 Å². The summed E-state index contributed by atoms with van der Waals surface area (Å²) in [5.41, 5.74) is 1.59. The van der Waals surface area contributed by atoms with Crippen molar-refractivity contribution in [2.45, 2.75) is 18.3 Å². The molecule has 0 aliphatic rings. The van der Waals surface area contributed by atoms with Gasteiger partial charge in [0.2, 0.25) is 5.91 Å². The van der Waals surface area contributed by atoms with Gasteiger partial charge in [0.15, 0.2) is 5.16 Å². The molecule has 1 aromatic heterocycles. The summed E-state index contributed by atoms with van der Waals surface area (Å²) in [6.07, 6.45) is -4.52. The summed E-state index contributed by atoms with van der Waals surface area (Å²) in [6, 6.07) is 10.6. The zero-order chi connectivity index (χ0) is 18.0. The van der Waals surface area contributed by atoms with Crippen LogP contribution in [0.5, 0.6) is 0 Å². The molecule has 0 bridgehead atoms. The molecule has 3 rings (SSSR count). The normalized spacial score (nSPS) is 11.7. The zero-order valence-electron chi connectivity index (χ0n) is 13.1. The van der Waals surface area contributed by atoms with Gasteiger partial charge in [0, 0.05) is 0 Å². The van der Waals surface area contributed by atoms with Crippen molar-refractivity contribution >= 4 is 34.4 Å². The van der Waals surface area contributed by atoms with E-state index in [1.165, 1.54) is 18.2 Å². The molecule has 0 radical (unpaired) electrons. The van der Waals surface area contributed by atoms with E-state index in [1.54, 1.807) is 0 Å². The predicted octanol–water partition coefficient (Wildman–Crippen LogP) is 4.62. The number of hydrogen-bond acceptors (Lipinski definition) is 3. The topological polar surface area (TPSA) is 57.8 Å². The van der Waals surface area contributed by atoms with Crippen LogP contribution in [0.25, 0.3) is 11.0 Å². The Hall–Kier alpha value is -2.48. The molecule has 0 saturated carbocycles. The Balaban J connectivity index is 1.67. The number of anilines is 1. The number of nitrogens with one attached hydrogen (secondary N) is 2. The number of H-pyrrole nitrogens is 1. The Morgan fingerprint density at radius 2 is 2.00 bits per heavy atom. The van der Waals surface area contributed by atoms with Crippen molar-refractivity contribution in [3.05, 3.63) is 53.6 Å². The Morgan fingerprint density at radius 3 is 2.76 bits per heavy atom. The van der Waals surface area contributed by atoms with E-state index in [0.717, 1.165) is 34.4 Å². The number of carbonyl (C=O) groups excluding carboxylic acids is 1. The average Bonchev–Trinajstić information content (AvgIpc) is 2.94. The number of carbonyl (C=O) groups is 1. The van der Waals surface area contributed by atoms with Crippen LogP contribution in [0.1, 0.15) is 11.1 Å². The third kappa shape index (κ3) is 4.14. The fourth-order valence-corrected chi connectivity index (χ4v) is 3.01. The minimum atomic E-state index is -4.52. The fraction of sp³-hybridized carbons (Fsp3) is 0.176. The monoisotopic (exact) mass is 365 g/mol. The number of aromatic amines is 1. The van der Waals surface area contributed by atoms with E-state index in [-0.39, 0.29) is 11.4 Å². The zero-order valence-corrected chi connectivity index (χ0v) is 14.0. The minimum absolute atomic E-state index is 0.0506. The number of benzene rings is 2. The van der Waals surface area contributed by atoms with Gasteiger partial charge in [-0.15, -0.1) is 0 Å². The molecule has 0 aliphatic heterocycles. The van der Waals surface area contributed by atoms with E-state index in [2.05, 4.69) is 15.3 Å². The van der Waals surface area contributed by atoms with E-state index in [1.807, 2.05) is 25.1 Å². The number of hydrogen-bond donors (Lipinski definition) is 2.